The van der Waals surface area contributed by atoms with Crippen molar-refractivity contribution >= 4 is 64.4 Å². The Bertz CT molecular complexity index is 3600. The molecule has 0 saturated carbocycles. The van der Waals surface area contributed by atoms with Gasteiger partial charge in [-0.1, -0.05) is 170 Å². The molecule has 0 saturated heterocycles. The second-order valence-electron chi connectivity index (χ2n) is 15.0. The zero-order chi connectivity index (χ0) is 39.6. The fourth-order valence-corrected chi connectivity index (χ4v) is 9.66. The highest BCUT2D eigenvalue weighted by Crippen LogP contribution is 2.42. The van der Waals surface area contributed by atoms with Crippen LogP contribution in [0.25, 0.3) is 121 Å². The Morgan fingerprint density at radius 3 is 1.75 bits per heavy atom. The van der Waals surface area contributed by atoms with Crippen LogP contribution in [0.2, 0.25) is 0 Å². The third kappa shape index (κ3) is 5.76. The summed E-state index contributed by atoms with van der Waals surface area (Å²) in [5.41, 5.74) is 11.5. The van der Waals surface area contributed by atoms with Gasteiger partial charge < -0.3 is 4.42 Å². The number of hydrogen-bond acceptors (Lipinski definition) is 6. The van der Waals surface area contributed by atoms with Crippen molar-refractivity contribution in [2.45, 2.75) is 0 Å². The lowest BCUT2D eigenvalue weighted by atomic mass is 9.99. The van der Waals surface area contributed by atoms with Crippen LogP contribution in [0.15, 0.2) is 199 Å². The first-order valence-electron chi connectivity index (χ1n) is 20.0. The molecule has 0 fully saturated rings. The quantitative estimate of drug-likeness (QED) is 0.168. The second kappa shape index (κ2) is 13.9. The van der Waals surface area contributed by atoms with Gasteiger partial charge >= 0.3 is 0 Å². The molecule has 4 heterocycles. The number of thiophene rings is 1. The number of furan rings is 1. The van der Waals surface area contributed by atoms with Crippen molar-refractivity contribution in [1.82, 2.24) is 19.9 Å². The van der Waals surface area contributed by atoms with Crippen LogP contribution in [0.5, 0.6) is 0 Å². The molecule has 0 aliphatic rings. The average molecular weight is 785 g/mol. The Morgan fingerprint density at radius 2 is 0.950 bits per heavy atom. The zero-order valence-corrected chi connectivity index (χ0v) is 32.9. The number of para-hydroxylation sites is 1. The van der Waals surface area contributed by atoms with Gasteiger partial charge in [0.2, 0.25) is 0 Å². The summed E-state index contributed by atoms with van der Waals surface area (Å²) in [5.74, 6) is 1.82. The van der Waals surface area contributed by atoms with Crippen molar-refractivity contribution in [3.05, 3.63) is 194 Å². The molecule has 280 valence electrons. The standard InChI is InChI=1S/C54H32N4OS/c1-3-13-33(14-4-1)37-29-30-43-45(32-37)55-49(50-48(43)44-20-7-9-23-46(44)59-50)34-25-27-36(28-26-34)53-56-52(35-15-5-2-6-16-35)57-54(58-53)39-18-11-17-38(31-39)40-21-12-22-42-41-19-8-10-24-47(41)60-51(40)42/h1-32H. The topological polar surface area (TPSA) is 64.7 Å². The number of rotatable bonds is 6. The van der Waals surface area contributed by atoms with Crippen LogP contribution >= 0.6 is 11.3 Å². The number of aromatic nitrogens is 4. The molecule has 60 heavy (non-hydrogen) atoms. The highest BCUT2D eigenvalue weighted by atomic mass is 32.1. The van der Waals surface area contributed by atoms with Gasteiger partial charge in [-0.3, -0.25) is 0 Å². The van der Waals surface area contributed by atoms with Gasteiger partial charge in [-0.25, -0.2) is 19.9 Å². The Hall–Kier alpha value is -7.80. The molecular formula is C54H32N4OS. The Kier molecular flexibility index (Phi) is 7.96. The van der Waals surface area contributed by atoms with Gasteiger partial charge in [-0.2, -0.15) is 0 Å². The summed E-state index contributed by atoms with van der Waals surface area (Å²) in [7, 11) is 0. The molecule has 0 amide bonds. The fourth-order valence-electron chi connectivity index (χ4n) is 8.42. The van der Waals surface area contributed by atoms with Gasteiger partial charge in [-0.05, 0) is 46.5 Å². The maximum absolute atomic E-state index is 6.59. The van der Waals surface area contributed by atoms with Gasteiger partial charge in [0.15, 0.2) is 23.1 Å². The van der Waals surface area contributed by atoms with E-state index in [1.54, 1.807) is 0 Å². The predicted octanol–water partition coefficient (Wildman–Crippen LogP) is 14.7. The molecule has 0 N–H and O–H groups in total. The first-order chi connectivity index (χ1) is 29.7. The Labute approximate surface area is 348 Å². The number of hydrogen-bond donors (Lipinski definition) is 0. The lowest BCUT2D eigenvalue weighted by Gasteiger charge is -2.11. The maximum Gasteiger partial charge on any atom is 0.164 e. The van der Waals surface area contributed by atoms with Crippen LogP contribution in [-0.2, 0) is 0 Å². The third-order valence-corrected chi connectivity index (χ3v) is 12.6. The third-order valence-electron chi connectivity index (χ3n) is 11.3. The summed E-state index contributed by atoms with van der Waals surface area (Å²) < 4.78 is 9.15. The van der Waals surface area contributed by atoms with E-state index in [1.807, 2.05) is 59.9 Å². The summed E-state index contributed by atoms with van der Waals surface area (Å²) in [6, 6.07) is 67.3. The van der Waals surface area contributed by atoms with Crippen molar-refractivity contribution in [2.24, 2.45) is 0 Å². The molecule has 0 radical (unpaired) electrons. The molecule has 0 bridgehead atoms. The lowest BCUT2D eigenvalue weighted by Crippen LogP contribution is -2.00. The summed E-state index contributed by atoms with van der Waals surface area (Å²) in [6.45, 7) is 0. The van der Waals surface area contributed by atoms with E-state index in [0.29, 0.717) is 17.5 Å². The molecule has 0 aliphatic heterocycles. The van der Waals surface area contributed by atoms with Gasteiger partial charge in [0, 0.05) is 58.6 Å². The first-order valence-corrected chi connectivity index (χ1v) is 20.8. The van der Waals surface area contributed by atoms with E-state index < -0.39 is 0 Å². The summed E-state index contributed by atoms with van der Waals surface area (Å²) >= 11 is 1.83. The minimum absolute atomic E-state index is 0.593. The fraction of sp³-hybridized carbons (Fsp3) is 0. The van der Waals surface area contributed by atoms with Gasteiger partial charge in [0.1, 0.15) is 11.3 Å². The molecule has 0 unspecified atom stereocenters. The summed E-state index contributed by atoms with van der Waals surface area (Å²) in [5, 5.41) is 5.75. The number of pyridine rings is 1. The molecule has 4 aromatic heterocycles. The molecule has 0 spiro atoms. The van der Waals surface area contributed by atoms with E-state index in [4.69, 9.17) is 24.4 Å². The monoisotopic (exact) mass is 784 g/mol. The summed E-state index contributed by atoms with van der Waals surface area (Å²) in [6.07, 6.45) is 0. The molecule has 0 atom stereocenters. The molecule has 8 aromatic carbocycles. The van der Waals surface area contributed by atoms with Crippen LogP contribution < -0.4 is 0 Å². The van der Waals surface area contributed by atoms with Crippen molar-refractivity contribution in [3.8, 4) is 67.7 Å². The molecule has 6 heteroatoms. The van der Waals surface area contributed by atoms with Gasteiger partial charge in [-0.15, -0.1) is 11.3 Å². The van der Waals surface area contributed by atoms with Crippen molar-refractivity contribution < 1.29 is 4.42 Å². The predicted molar refractivity (Wildman–Crippen MR) is 248 cm³/mol. The van der Waals surface area contributed by atoms with Crippen LogP contribution in [0.1, 0.15) is 0 Å². The van der Waals surface area contributed by atoms with Crippen molar-refractivity contribution in [3.63, 3.8) is 0 Å². The van der Waals surface area contributed by atoms with E-state index in [2.05, 4.69) is 146 Å². The van der Waals surface area contributed by atoms with E-state index in [-0.39, 0.29) is 0 Å². The first kappa shape index (κ1) is 34.3. The van der Waals surface area contributed by atoms with Crippen molar-refractivity contribution in [1.29, 1.82) is 0 Å². The normalized spacial score (nSPS) is 11.7. The lowest BCUT2D eigenvalue weighted by molar-refractivity contribution is 0.669. The Balaban J connectivity index is 0.980. The van der Waals surface area contributed by atoms with E-state index in [1.165, 1.54) is 25.7 Å². The van der Waals surface area contributed by atoms with Gasteiger partial charge in [0.05, 0.1) is 5.52 Å². The van der Waals surface area contributed by atoms with E-state index in [9.17, 15) is 0 Å². The minimum atomic E-state index is 0.593. The average Bonchev–Trinajstić information content (AvgIpc) is 3.91. The van der Waals surface area contributed by atoms with Crippen LogP contribution in [-0.4, -0.2) is 19.9 Å². The van der Waals surface area contributed by atoms with Crippen LogP contribution in [0.3, 0.4) is 0 Å². The molecule has 12 aromatic rings. The summed E-state index contributed by atoms with van der Waals surface area (Å²) in [4.78, 5) is 20.6. The molecular weight excluding hydrogens is 753 g/mol. The van der Waals surface area contributed by atoms with E-state index in [0.717, 1.165) is 77.5 Å². The second-order valence-corrected chi connectivity index (χ2v) is 16.0. The maximum atomic E-state index is 6.59. The molecule has 0 aliphatic carbocycles. The van der Waals surface area contributed by atoms with E-state index >= 15 is 0 Å². The Morgan fingerprint density at radius 1 is 0.367 bits per heavy atom. The number of benzene rings is 8. The van der Waals surface area contributed by atoms with Crippen LogP contribution in [0, 0.1) is 0 Å². The smallest absolute Gasteiger partial charge is 0.164 e. The highest BCUT2D eigenvalue weighted by molar-refractivity contribution is 7.26. The SMILES string of the molecule is c1ccc(-c2ccc3c(c2)nc(-c2ccc(-c4nc(-c5ccccc5)nc(-c5cccc(-c6cccc7c6sc6ccccc67)c5)n4)cc2)c2oc4ccccc4c23)cc1. The number of nitrogens with zero attached hydrogens (tertiary/aromatic N) is 4. The largest absolute Gasteiger partial charge is 0.454 e. The molecule has 5 nitrogen and oxygen atoms in total. The zero-order valence-electron chi connectivity index (χ0n) is 32.1. The number of fused-ring (bicyclic) bond motifs is 8. The minimum Gasteiger partial charge on any atom is -0.454 e. The van der Waals surface area contributed by atoms with Crippen molar-refractivity contribution in [2.75, 3.05) is 0 Å². The highest BCUT2D eigenvalue weighted by Gasteiger charge is 2.20. The molecule has 12 rings (SSSR count). The van der Waals surface area contributed by atoms with Crippen LogP contribution in [0.4, 0.5) is 0 Å². The van der Waals surface area contributed by atoms with Gasteiger partial charge in [0.25, 0.3) is 0 Å².